The zero-order valence-electron chi connectivity index (χ0n) is 11.6. The lowest BCUT2D eigenvalue weighted by molar-refractivity contribution is 0.102. The van der Waals surface area contributed by atoms with Crippen molar-refractivity contribution in [3.05, 3.63) is 67.5 Å². The number of hydrogen-bond donors (Lipinski definition) is 2. The highest BCUT2D eigenvalue weighted by Crippen LogP contribution is 2.35. The average molecular weight is 500 g/mol. The van der Waals surface area contributed by atoms with Gasteiger partial charge in [-0.15, -0.1) is 0 Å². The molecule has 0 saturated heterocycles. The standard InChI is InChI=1S/C17H10Br3NO2/c18-13-6-2-3-10-11(13)4-1-5-12(10)17(23)21-9-7-14(19)16(22)15(20)8-9/h1-8,22H,(H,21,23). The molecule has 0 aromatic heterocycles. The SMILES string of the molecule is O=C(Nc1cc(Br)c(O)c(Br)c1)c1cccc2c(Br)cccc12. The first kappa shape index (κ1) is 16.5. The Bertz CT molecular complexity index is 902. The van der Waals surface area contributed by atoms with E-state index in [0.717, 1.165) is 15.2 Å². The summed E-state index contributed by atoms with van der Waals surface area (Å²) in [6, 6.07) is 14.7. The number of carbonyl (C=O) groups is 1. The second-order valence-corrected chi connectivity index (χ2v) is 7.45. The van der Waals surface area contributed by atoms with E-state index >= 15 is 0 Å². The Labute approximate surface area is 158 Å². The Balaban J connectivity index is 2.00. The van der Waals surface area contributed by atoms with Crippen LogP contribution in [0.1, 0.15) is 10.4 Å². The highest BCUT2D eigenvalue weighted by Gasteiger charge is 2.13. The molecule has 3 aromatic carbocycles. The Kier molecular flexibility index (Phi) is 4.75. The fourth-order valence-corrected chi connectivity index (χ4v) is 3.99. The number of carbonyl (C=O) groups excluding carboxylic acids is 1. The molecule has 0 aliphatic carbocycles. The smallest absolute Gasteiger partial charge is 0.256 e. The van der Waals surface area contributed by atoms with Gasteiger partial charge in [0, 0.05) is 15.7 Å². The van der Waals surface area contributed by atoms with Crippen LogP contribution < -0.4 is 5.32 Å². The third kappa shape index (κ3) is 3.29. The molecule has 3 nitrogen and oxygen atoms in total. The van der Waals surface area contributed by atoms with E-state index in [-0.39, 0.29) is 11.7 Å². The largest absolute Gasteiger partial charge is 0.506 e. The van der Waals surface area contributed by atoms with Gasteiger partial charge in [0.15, 0.2) is 0 Å². The maximum atomic E-state index is 12.6. The van der Waals surface area contributed by atoms with Crippen molar-refractivity contribution in [2.24, 2.45) is 0 Å². The summed E-state index contributed by atoms with van der Waals surface area (Å²) in [6.45, 7) is 0. The monoisotopic (exact) mass is 497 g/mol. The summed E-state index contributed by atoms with van der Waals surface area (Å²) in [4.78, 5) is 12.6. The Morgan fingerprint density at radius 2 is 1.48 bits per heavy atom. The summed E-state index contributed by atoms with van der Waals surface area (Å²) < 4.78 is 1.95. The lowest BCUT2D eigenvalue weighted by atomic mass is 10.0. The number of phenols is 1. The van der Waals surface area contributed by atoms with Crippen molar-refractivity contribution in [3.8, 4) is 5.75 Å². The van der Waals surface area contributed by atoms with Crippen molar-refractivity contribution in [2.75, 3.05) is 5.32 Å². The molecular weight excluding hydrogens is 490 g/mol. The van der Waals surface area contributed by atoms with Crippen LogP contribution in [0.25, 0.3) is 10.8 Å². The minimum Gasteiger partial charge on any atom is -0.506 e. The highest BCUT2D eigenvalue weighted by atomic mass is 79.9. The second kappa shape index (κ2) is 6.63. The van der Waals surface area contributed by atoms with E-state index in [1.54, 1.807) is 18.2 Å². The van der Waals surface area contributed by atoms with Crippen LogP contribution >= 0.6 is 47.8 Å². The molecule has 0 radical (unpaired) electrons. The maximum absolute atomic E-state index is 12.6. The Morgan fingerprint density at radius 3 is 2.17 bits per heavy atom. The fourth-order valence-electron chi connectivity index (χ4n) is 2.31. The number of fused-ring (bicyclic) bond motifs is 1. The van der Waals surface area contributed by atoms with E-state index in [9.17, 15) is 9.90 Å². The van der Waals surface area contributed by atoms with Crippen molar-refractivity contribution in [1.82, 2.24) is 0 Å². The van der Waals surface area contributed by atoms with E-state index in [1.807, 2.05) is 30.3 Å². The first-order chi connectivity index (χ1) is 11.0. The van der Waals surface area contributed by atoms with Gasteiger partial charge in [0.05, 0.1) is 8.95 Å². The summed E-state index contributed by atoms with van der Waals surface area (Å²) >= 11 is 10.0. The third-order valence-electron chi connectivity index (χ3n) is 3.39. The maximum Gasteiger partial charge on any atom is 0.256 e. The molecular formula is C17H10Br3NO2. The van der Waals surface area contributed by atoms with Crippen LogP contribution in [0.3, 0.4) is 0 Å². The molecule has 23 heavy (non-hydrogen) atoms. The van der Waals surface area contributed by atoms with Gasteiger partial charge in [-0.2, -0.15) is 0 Å². The summed E-state index contributed by atoms with van der Waals surface area (Å²) in [6.07, 6.45) is 0. The lowest BCUT2D eigenvalue weighted by Crippen LogP contribution is -2.12. The van der Waals surface area contributed by atoms with Crippen LogP contribution in [0.4, 0.5) is 5.69 Å². The van der Waals surface area contributed by atoms with Crippen molar-refractivity contribution in [1.29, 1.82) is 0 Å². The van der Waals surface area contributed by atoms with Crippen molar-refractivity contribution in [2.45, 2.75) is 0 Å². The summed E-state index contributed by atoms with van der Waals surface area (Å²) in [5, 5.41) is 14.4. The number of rotatable bonds is 2. The molecule has 0 aliphatic heterocycles. The van der Waals surface area contributed by atoms with Gasteiger partial charge in [-0.3, -0.25) is 4.79 Å². The molecule has 0 saturated carbocycles. The predicted octanol–water partition coefficient (Wildman–Crippen LogP) is 6.09. The molecule has 0 fully saturated rings. The molecule has 3 aromatic rings. The topological polar surface area (TPSA) is 49.3 Å². The first-order valence-corrected chi connectivity index (χ1v) is 9.02. The first-order valence-electron chi connectivity index (χ1n) is 6.64. The Morgan fingerprint density at radius 1 is 0.870 bits per heavy atom. The molecule has 0 aliphatic rings. The predicted molar refractivity (Wildman–Crippen MR) is 103 cm³/mol. The van der Waals surface area contributed by atoms with Gasteiger partial charge < -0.3 is 10.4 Å². The van der Waals surface area contributed by atoms with Crippen LogP contribution in [0.15, 0.2) is 61.9 Å². The second-order valence-electron chi connectivity index (χ2n) is 4.88. The molecule has 0 spiro atoms. The Hall–Kier alpha value is -1.37. The molecule has 116 valence electrons. The van der Waals surface area contributed by atoms with Crippen LogP contribution in [0.2, 0.25) is 0 Å². The van der Waals surface area contributed by atoms with E-state index < -0.39 is 0 Å². The van der Waals surface area contributed by atoms with Crippen molar-refractivity contribution >= 4 is 70.2 Å². The summed E-state index contributed by atoms with van der Waals surface area (Å²) in [5.74, 6) is -0.115. The molecule has 0 bridgehead atoms. The van der Waals surface area contributed by atoms with Gasteiger partial charge in [-0.1, -0.05) is 40.2 Å². The van der Waals surface area contributed by atoms with E-state index in [0.29, 0.717) is 20.2 Å². The van der Waals surface area contributed by atoms with Gasteiger partial charge in [-0.05, 0) is 66.9 Å². The molecule has 0 unspecified atom stereocenters. The molecule has 1 amide bonds. The average Bonchev–Trinajstić information content (AvgIpc) is 2.52. The lowest BCUT2D eigenvalue weighted by Gasteiger charge is -2.10. The number of halogens is 3. The van der Waals surface area contributed by atoms with E-state index in [4.69, 9.17) is 0 Å². The van der Waals surface area contributed by atoms with Gasteiger partial charge in [0.25, 0.3) is 5.91 Å². The molecule has 0 heterocycles. The number of anilines is 1. The zero-order valence-corrected chi connectivity index (χ0v) is 16.4. The van der Waals surface area contributed by atoms with E-state index in [1.165, 1.54) is 0 Å². The van der Waals surface area contributed by atoms with Gasteiger partial charge in [0.1, 0.15) is 5.75 Å². The number of amides is 1. The van der Waals surface area contributed by atoms with Gasteiger partial charge >= 0.3 is 0 Å². The zero-order chi connectivity index (χ0) is 16.6. The van der Waals surface area contributed by atoms with Crippen molar-refractivity contribution in [3.63, 3.8) is 0 Å². The fraction of sp³-hybridized carbons (Fsp3) is 0. The number of phenolic OH excluding ortho intramolecular Hbond substituents is 1. The quantitative estimate of drug-likeness (QED) is 0.419. The van der Waals surface area contributed by atoms with E-state index in [2.05, 4.69) is 53.1 Å². The van der Waals surface area contributed by atoms with Crippen LogP contribution in [-0.4, -0.2) is 11.0 Å². The number of aromatic hydroxyl groups is 1. The minimum absolute atomic E-state index is 0.0945. The summed E-state index contributed by atoms with van der Waals surface area (Å²) in [7, 11) is 0. The number of hydrogen-bond acceptors (Lipinski definition) is 2. The number of benzene rings is 3. The third-order valence-corrected chi connectivity index (χ3v) is 5.29. The number of nitrogens with one attached hydrogen (secondary N) is 1. The van der Waals surface area contributed by atoms with Gasteiger partial charge in [0.2, 0.25) is 0 Å². The van der Waals surface area contributed by atoms with Crippen LogP contribution in [0, 0.1) is 0 Å². The highest BCUT2D eigenvalue weighted by molar-refractivity contribution is 9.11. The van der Waals surface area contributed by atoms with Crippen LogP contribution in [0.5, 0.6) is 5.75 Å². The molecule has 3 rings (SSSR count). The van der Waals surface area contributed by atoms with Crippen LogP contribution in [-0.2, 0) is 0 Å². The molecule has 2 N–H and O–H groups in total. The molecule has 6 heteroatoms. The normalized spacial score (nSPS) is 10.7. The molecule has 0 atom stereocenters. The van der Waals surface area contributed by atoms with Crippen molar-refractivity contribution < 1.29 is 9.90 Å². The minimum atomic E-state index is -0.210. The van der Waals surface area contributed by atoms with Gasteiger partial charge in [-0.25, -0.2) is 0 Å². The summed E-state index contributed by atoms with van der Waals surface area (Å²) in [5.41, 5.74) is 1.17.